The van der Waals surface area contributed by atoms with Gasteiger partial charge in [-0.05, 0) is 60.9 Å². The Morgan fingerprint density at radius 1 is 0.948 bits per heavy atom. The number of aliphatic hydroxyl groups is 1. The molecule has 5 aromatic rings. The number of rotatable bonds is 24. The van der Waals surface area contributed by atoms with E-state index in [0.717, 1.165) is 71.0 Å². The monoisotopic (exact) mass is 1070 g/mol. The quantitative estimate of drug-likeness (QED) is 0.0324. The van der Waals surface area contributed by atoms with Crippen LogP contribution in [0.5, 0.6) is 5.75 Å². The van der Waals surface area contributed by atoms with Gasteiger partial charge >= 0.3 is 0 Å². The first kappa shape index (κ1) is 56.2. The third kappa shape index (κ3) is 13.6. The second-order valence-electron chi connectivity index (χ2n) is 20.4. The standard InChI is InChI=1S/C55H70N12O9S/c1-8-41-46-49(56-6)60-32-66(46)43-30-59-54(64-50(43)67(41)38-11-9-10-12-38)62-40-18-17-37(27-44(40)73-7)51(70)57-20-22-75-24-26-76-25-23-74-21-19-45(69)63-48(55(3,4)5)53(72)65-31-39(68)28-42(65)52(71)58-29-35-13-15-36(16-14-35)47-34(2)61-33-77-47/h13-18,27,30,32-33,38-39,41-42,48,68H,8-12,19-26,28-29,31H2,1-5,7H3,(H,57,70)(H,58,71)(H,63,69)(H,59,62,64)/t39-,41-,42+,48-/m1/s1. The summed E-state index contributed by atoms with van der Waals surface area (Å²) in [6.07, 6.45) is 7.84. The van der Waals surface area contributed by atoms with Crippen LogP contribution in [0.4, 0.5) is 23.3 Å². The predicted octanol–water partition coefficient (Wildman–Crippen LogP) is 6.59. The number of likely N-dealkylation sites (tertiary alicyclic amines) is 1. The van der Waals surface area contributed by atoms with Gasteiger partial charge in [0.1, 0.15) is 23.5 Å². The summed E-state index contributed by atoms with van der Waals surface area (Å²) >= 11 is 1.57. The molecule has 2 aliphatic heterocycles. The molecule has 3 aromatic heterocycles. The molecule has 1 saturated carbocycles. The van der Waals surface area contributed by atoms with Gasteiger partial charge in [0.25, 0.3) is 11.7 Å². The number of aromatic nitrogens is 5. The van der Waals surface area contributed by atoms with Crippen LogP contribution in [0.1, 0.15) is 106 Å². The molecular formula is C55H70N12O9S. The van der Waals surface area contributed by atoms with Crippen LogP contribution >= 0.6 is 11.3 Å². The number of nitrogens with zero attached hydrogens (tertiary/aromatic N) is 8. The van der Waals surface area contributed by atoms with Crippen molar-refractivity contribution < 1.29 is 43.2 Å². The number of amides is 4. The number of benzene rings is 2. The topological polar surface area (TPSA) is 241 Å². The van der Waals surface area contributed by atoms with Gasteiger partial charge in [0, 0.05) is 44.1 Å². The van der Waals surface area contributed by atoms with Crippen LogP contribution in [-0.4, -0.2) is 142 Å². The molecule has 21 nitrogen and oxygen atoms in total. The fraction of sp³-hybridized carbons (Fsp3) is 0.509. The van der Waals surface area contributed by atoms with E-state index in [0.29, 0.717) is 42.0 Å². The number of aryl methyl sites for hydroxylation is 1. The molecule has 4 atom stereocenters. The highest BCUT2D eigenvalue weighted by atomic mass is 32.1. The van der Waals surface area contributed by atoms with Crippen molar-refractivity contribution in [3.8, 4) is 21.9 Å². The first-order valence-corrected chi connectivity index (χ1v) is 27.2. The van der Waals surface area contributed by atoms with Crippen LogP contribution in [-0.2, 0) is 35.1 Å². The average Bonchev–Trinajstić information content (AvgIpc) is 4.30. The Morgan fingerprint density at radius 3 is 2.35 bits per heavy atom. The lowest BCUT2D eigenvalue weighted by Gasteiger charge is -2.42. The number of carbonyl (C=O) groups is 4. The lowest BCUT2D eigenvalue weighted by Crippen LogP contribution is -2.57. The number of hydrogen-bond donors (Lipinski definition) is 5. The second-order valence-corrected chi connectivity index (χ2v) is 21.3. The van der Waals surface area contributed by atoms with E-state index in [-0.39, 0.29) is 88.7 Å². The number of anilines is 3. The molecule has 3 aliphatic rings. The zero-order valence-electron chi connectivity index (χ0n) is 44.7. The van der Waals surface area contributed by atoms with E-state index in [4.69, 9.17) is 30.5 Å². The van der Waals surface area contributed by atoms with E-state index in [9.17, 15) is 24.3 Å². The van der Waals surface area contributed by atoms with Gasteiger partial charge in [-0.25, -0.2) is 9.97 Å². The van der Waals surface area contributed by atoms with E-state index in [1.165, 1.54) is 12.0 Å². The summed E-state index contributed by atoms with van der Waals surface area (Å²) in [4.78, 5) is 80.6. The molecule has 77 heavy (non-hydrogen) atoms. The number of imidazole rings is 1. The number of carbonyl (C=O) groups excluding carboxylic acids is 4. The van der Waals surface area contributed by atoms with Crippen molar-refractivity contribution >= 4 is 58.2 Å². The summed E-state index contributed by atoms with van der Waals surface area (Å²) in [5, 5.41) is 22.5. The van der Waals surface area contributed by atoms with E-state index >= 15 is 0 Å². The van der Waals surface area contributed by atoms with Crippen molar-refractivity contribution in [2.45, 2.75) is 116 Å². The molecule has 1 aliphatic carbocycles. The Kier molecular flexibility index (Phi) is 18.9. The van der Waals surface area contributed by atoms with E-state index in [2.05, 4.69) is 52.9 Å². The third-order valence-electron chi connectivity index (χ3n) is 14.1. The van der Waals surface area contributed by atoms with Crippen LogP contribution in [0.25, 0.3) is 21.0 Å². The van der Waals surface area contributed by atoms with Gasteiger partial charge in [-0.2, -0.15) is 4.98 Å². The lowest BCUT2D eigenvalue weighted by molar-refractivity contribution is -0.144. The van der Waals surface area contributed by atoms with Gasteiger partial charge in [0.05, 0.1) is 92.6 Å². The summed E-state index contributed by atoms with van der Waals surface area (Å²) in [6.45, 7) is 19.3. The molecular weight excluding hydrogens is 1000 g/mol. The highest BCUT2D eigenvalue weighted by Gasteiger charge is 2.45. The molecule has 0 bridgehead atoms. The Hall–Kier alpha value is -7.03. The van der Waals surface area contributed by atoms with Gasteiger partial charge in [0.15, 0.2) is 12.1 Å². The molecule has 410 valence electrons. The maximum atomic E-state index is 14.0. The minimum absolute atomic E-state index is 0.00140. The number of hydrogen-bond acceptors (Lipinski definition) is 16. The molecule has 0 spiro atoms. The van der Waals surface area contributed by atoms with Crippen LogP contribution < -0.4 is 30.9 Å². The molecule has 4 amide bonds. The van der Waals surface area contributed by atoms with Crippen molar-refractivity contribution in [2.24, 2.45) is 5.41 Å². The molecule has 5 heterocycles. The lowest BCUT2D eigenvalue weighted by atomic mass is 9.85. The molecule has 0 unspecified atom stereocenters. The normalized spacial score (nSPS) is 17.6. The smallest absolute Gasteiger partial charge is 0.293 e. The summed E-state index contributed by atoms with van der Waals surface area (Å²) in [5.74, 6) is 0.516. The first-order valence-electron chi connectivity index (χ1n) is 26.3. The first-order chi connectivity index (χ1) is 37.2. The molecule has 2 aromatic carbocycles. The van der Waals surface area contributed by atoms with Crippen LogP contribution in [0.2, 0.25) is 0 Å². The number of ether oxygens (including phenoxy) is 4. The number of β-amino-alcohol motifs (C(OH)–C–C–N with tert-alkyl or cyclic N) is 1. The number of nitrogens with one attached hydrogen (secondary N) is 4. The van der Waals surface area contributed by atoms with Gasteiger partial charge in [0.2, 0.25) is 23.7 Å². The van der Waals surface area contributed by atoms with Crippen LogP contribution in [0.15, 0.2) is 60.5 Å². The van der Waals surface area contributed by atoms with Crippen molar-refractivity contribution in [1.29, 1.82) is 0 Å². The van der Waals surface area contributed by atoms with Crippen LogP contribution in [0.3, 0.4) is 0 Å². The third-order valence-corrected chi connectivity index (χ3v) is 15.0. The van der Waals surface area contributed by atoms with Crippen molar-refractivity contribution in [3.05, 3.63) is 94.4 Å². The van der Waals surface area contributed by atoms with E-state index in [1.807, 2.05) is 62.0 Å². The van der Waals surface area contributed by atoms with Gasteiger partial charge in [-0.15, -0.1) is 16.3 Å². The summed E-state index contributed by atoms with van der Waals surface area (Å²) < 4.78 is 24.5. The SMILES string of the molecule is [C-]#[N+]c1ncn2c1[C@@H](CC)N(C1CCCC1)c1nc(Nc3ccc(C(=O)NCCOCCOCCOCCC(=O)N[C@H](C(=O)N4C[C@H](O)C[C@H]4C(=O)NCc4ccc(-c5scnc5C)cc4)C(C)(C)C)cc3OC)ncc1-2. The van der Waals surface area contributed by atoms with Crippen molar-refractivity contribution in [3.63, 3.8) is 0 Å². The number of fused-ring (bicyclic) bond motifs is 3. The average molecular weight is 1080 g/mol. The van der Waals surface area contributed by atoms with Gasteiger partial charge < -0.3 is 60.0 Å². The second kappa shape index (κ2) is 25.9. The Labute approximate surface area is 453 Å². The zero-order valence-corrected chi connectivity index (χ0v) is 45.5. The van der Waals surface area contributed by atoms with Crippen molar-refractivity contribution in [2.75, 3.05) is 70.1 Å². The largest absolute Gasteiger partial charge is 0.495 e. The van der Waals surface area contributed by atoms with Gasteiger partial charge in [-0.1, -0.05) is 71.4 Å². The number of methoxy groups -OCH3 is 1. The molecule has 5 N–H and O–H groups in total. The summed E-state index contributed by atoms with van der Waals surface area (Å²) in [7, 11) is 1.53. The molecule has 8 rings (SSSR count). The summed E-state index contributed by atoms with van der Waals surface area (Å²) in [6, 6.07) is 11.4. The van der Waals surface area contributed by atoms with Crippen molar-refractivity contribution in [1.82, 2.24) is 45.4 Å². The van der Waals surface area contributed by atoms with Crippen LogP contribution in [0, 0.1) is 18.9 Å². The Balaban J connectivity index is 0.709. The predicted molar refractivity (Wildman–Crippen MR) is 291 cm³/mol. The highest BCUT2D eigenvalue weighted by Crippen LogP contribution is 2.46. The fourth-order valence-corrected chi connectivity index (χ4v) is 10.9. The number of aliphatic hydroxyl groups excluding tert-OH is 1. The molecule has 2 fully saturated rings. The van der Waals surface area contributed by atoms with E-state index in [1.54, 1.807) is 42.1 Å². The van der Waals surface area contributed by atoms with E-state index < -0.39 is 29.5 Å². The minimum atomic E-state index is -0.949. The van der Waals surface area contributed by atoms with Gasteiger partial charge in [-0.3, -0.25) is 23.7 Å². The highest BCUT2D eigenvalue weighted by molar-refractivity contribution is 7.13. The Morgan fingerprint density at radius 2 is 1.68 bits per heavy atom. The summed E-state index contributed by atoms with van der Waals surface area (Å²) in [5.41, 5.74) is 6.66. The molecule has 22 heteroatoms. The molecule has 1 saturated heterocycles. The fourth-order valence-electron chi connectivity index (χ4n) is 10.1. The Bertz CT molecular complexity index is 2890. The zero-order chi connectivity index (χ0) is 54.6. The minimum Gasteiger partial charge on any atom is -0.495 e. The maximum absolute atomic E-state index is 14.0. The number of thiazole rings is 1. The molecule has 0 radical (unpaired) electrons. The maximum Gasteiger partial charge on any atom is 0.293 e.